The van der Waals surface area contributed by atoms with Crippen LogP contribution in [0.25, 0.3) is 0 Å². The Kier molecular flexibility index (Phi) is 3.03. The van der Waals surface area contributed by atoms with Crippen molar-refractivity contribution in [1.29, 1.82) is 0 Å². The Morgan fingerprint density at radius 2 is 2.50 bits per heavy atom. The monoisotopic (exact) mass is 156 g/mol. The van der Waals surface area contributed by atoms with Gasteiger partial charge in [0.05, 0.1) is 12.4 Å². The van der Waals surface area contributed by atoms with Gasteiger partial charge in [0.25, 0.3) is 0 Å². The van der Waals surface area contributed by atoms with E-state index < -0.39 is 0 Å². The molecule has 1 aliphatic rings. The van der Waals surface area contributed by atoms with Crippen molar-refractivity contribution in [2.75, 3.05) is 7.11 Å². The quantitative estimate of drug-likeness (QED) is 0.568. The first-order chi connectivity index (χ1) is 4.83. The molecule has 1 rings (SSSR count). The molecule has 10 heavy (non-hydrogen) atoms. The van der Waals surface area contributed by atoms with E-state index in [0.717, 1.165) is 6.42 Å². The molecule has 0 radical (unpaired) electrons. The van der Waals surface area contributed by atoms with Gasteiger partial charge in [-0.05, 0) is 25.4 Å². The number of hydrogen-bond acceptors (Lipinski definition) is 2. The summed E-state index contributed by atoms with van der Waals surface area (Å²) in [4.78, 5) is 0. The van der Waals surface area contributed by atoms with Crippen molar-refractivity contribution in [3.63, 3.8) is 0 Å². The summed E-state index contributed by atoms with van der Waals surface area (Å²) in [7, 11) is 1.71. The Bertz CT molecular complexity index is 161. The first-order valence-electron chi connectivity index (χ1n) is 3.37. The molecule has 0 aliphatic heterocycles. The average molecular weight is 156 g/mol. The van der Waals surface area contributed by atoms with Gasteiger partial charge in [0, 0.05) is 0 Å². The average Bonchev–Trinajstić information content (AvgIpc) is 1.95. The Morgan fingerprint density at radius 3 is 3.00 bits per heavy atom. The first-order valence-corrected chi connectivity index (χ1v) is 4.18. The van der Waals surface area contributed by atoms with Crippen LogP contribution in [0.3, 0.4) is 0 Å². The summed E-state index contributed by atoms with van der Waals surface area (Å²) in [5.41, 5.74) is 1.35. The van der Waals surface area contributed by atoms with Crippen LogP contribution in [-0.4, -0.2) is 12.4 Å². The molecule has 1 atom stereocenters. The van der Waals surface area contributed by atoms with Gasteiger partial charge in [0.1, 0.15) is 0 Å². The molecule has 0 spiro atoms. The second-order valence-corrected chi connectivity index (χ2v) is 3.48. The molecule has 0 amide bonds. The number of rotatable bonds is 2. The molecule has 2 heteroatoms. The van der Waals surface area contributed by atoms with E-state index in [4.69, 9.17) is 4.18 Å². The van der Waals surface area contributed by atoms with Gasteiger partial charge in [0.15, 0.2) is 0 Å². The predicted molar refractivity (Wildman–Crippen MR) is 45.9 cm³/mol. The van der Waals surface area contributed by atoms with Gasteiger partial charge >= 0.3 is 0 Å². The minimum atomic E-state index is 0.522. The van der Waals surface area contributed by atoms with Gasteiger partial charge in [-0.15, -0.1) is 0 Å². The standard InChI is InChI=1S/C8H12OS/c1-7-3-5-8(6-4-7)10-9-2/h3-5,8H,6H2,1-2H3. The molecule has 0 N–H and O–H groups in total. The third kappa shape index (κ3) is 2.20. The highest BCUT2D eigenvalue weighted by atomic mass is 32.2. The lowest BCUT2D eigenvalue weighted by Crippen LogP contribution is -2.00. The number of allylic oxidation sites excluding steroid dienone is 3. The molecule has 0 fully saturated rings. The lowest BCUT2D eigenvalue weighted by Gasteiger charge is -2.11. The van der Waals surface area contributed by atoms with Crippen molar-refractivity contribution in [2.24, 2.45) is 0 Å². The third-order valence-electron chi connectivity index (χ3n) is 1.47. The van der Waals surface area contributed by atoms with Gasteiger partial charge in [-0.1, -0.05) is 23.8 Å². The van der Waals surface area contributed by atoms with Gasteiger partial charge in [-0.2, -0.15) is 0 Å². The van der Waals surface area contributed by atoms with E-state index in [1.807, 2.05) is 0 Å². The van der Waals surface area contributed by atoms with Crippen molar-refractivity contribution >= 4 is 12.0 Å². The highest BCUT2D eigenvalue weighted by Gasteiger charge is 2.06. The second-order valence-electron chi connectivity index (χ2n) is 2.34. The van der Waals surface area contributed by atoms with E-state index in [9.17, 15) is 0 Å². The predicted octanol–water partition coefficient (Wildman–Crippen LogP) is 2.56. The lowest BCUT2D eigenvalue weighted by atomic mass is 10.1. The summed E-state index contributed by atoms with van der Waals surface area (Å²) in [6.07, 6.45) is 7.65. The fraction of sp³-hybridized carbons (Fsp3) is 0.500. The van der Waals surface area contributed by atoms with Crippen LogP contribution in [0.2, 0.25) is 0 Å². The zero-order valence-electron chi connectivity index (χ0n) is 6.33. The SMILES string of the molecule is COSC1C=CC(C)=CC1. The molecule has 1 unspecified atom stereocenters. The molecule has 0 heterocycles. The Balaban J connectivity index is 2.37. The van der Waals surface area contributed by atoms with E-state index >= 15 is 0 Å². The fourth-order valence-electron chi connectivity index (χ4n) is 0.903. The molecule has 0 aromatic carbocycles. The van der Waals surface area contributed by atoms with E-state index in [2.05, 4.69) is 25.2 Å². The maximum Gasteiger partial charge on any atom is 0.0528 e. The molecule has 0 bridgehead atoms. The normalized spacial score (nSPS) is 24.6. The van der Waals surface area contributed by atoms with Crippen molar-refractivity contribution in [3.8, 4) is 0 Å². The first kappa shape index (κ1) is 7.89. The van der Waals surface area contributed by atoms with E-state index in [-0.39, 0.29) is 0 Å². The van der Waals surface area contributed by atoms with Crippen LogP contribution in [0.1, 0.15) is 13.3 Å². The van der Waals surface area contributed by atoms with Crippen LogP contribution in [-0.2, 0) is 4.18 Å². The summed E-state index contributed by atoms with van der Waals surface area (Å²) >= 11 is 1.52. The van der Waals surface area contributed by atoms with E-state index in [1.54, 1.807) is 7.11 Å². The molecule has 0 aromatic rings. The van der Waals surface area contributed by atoms with Crippen molar-refractivity contribution < 1.29 is 4.18 Å². The maximum atomic E-state index is 4.95. The van der Waals surface area contributed by atoms with Crippen LogP contribution >= 0.6 is 12.0 Å². The van der Waals surface area contributed by atoms with E-state index in [1.165, 1.54) is 17.6 Å². The van der Waals surface area contributed by atoms with Crippen molar-refractivity contribution in [2.45, 2.75) is 18.6 Å². The molecule has 0 saturated carbocycles. The van der Waals surface area contributed by atoms with Gasteiger partial charge < -0.3 is 4.18 Å². The van der Waals surface area contributed by atoms with Crippen LogP contribution in [0.4, 0.5) is 0 Å². The van der Waals surface area contributed by atoms with Gasteiger partial charge in [0.2, 0.25) is 0 Å². The molecule has 0 saturated heterocycles. The minimum absolute atomic E-state index is 0.522. The molecule has 1 aliphatic carbocycles. The zero-order valence-corrected chi connectivity index (χ0v) is 7.15. The largest absolute Gasteiger partial charge is 0.318 e. The second kappa shape index (κ2) is 3.84. The lowest BCUT2D eigenvalue weighted by molar-refractivity contribution is 0.486. The summed E-state index contributed by atoms with van der Waals surface area (Å²) in [5.74, 6) is 0. The fourth-order valence-corrected chi connectivity index (χ4v) is 1.47. The molecule has 0 aromatic heterocycles. The molecular weight excluding hydrogens is 144 g/mol. The highest BCUT2D eigenvalue weighted by molar-refractivity contribution is 7.95. The smallest absolute Gasteiger partial charge is 0.0528 e. The number of hydrogen-bond donors (Lipinski definition) is 0. The third-order valence-corrected chi connectivity index (χ3v) is 2.25. The summed E-state index contributed by atoms with van der Waals surface area (Å²) in [5, 5.41) is 0.522. The van der Waals surface area contributed by atoms with Crippen LogP contribution in [0.5, 0.6) is 0 Å². The van der Waals surface area contributed by atoms with Gasteiger partial charge in [-0.3, -0.25) is 0 Å². The van der Waals surface area contributed by atoms with E-state index in [0.29, 0.717) is 5.25 Å². The topological polar surface area (TPSA) is 9.23 Å². The molecule has 1 nitrogen and oxygen atoms in total. The Hall–Kier alpha value is -0.210. The van der Waals surface area contributed by atoms with Crippen molar-refractivity contribution in [3.05, 3.63) is 23.8 Å². The Labute approximate surface area is 66.4 Å². The summed E-state index contributed by atoms with van der Waals surface area (Å²) < 4.78 is 4.95. The molecule has 56 valence electrons. The Morgan fingerprint density at radius 1 is 1.70 bits per heavy atom. The summed E-state index contributed by atoms with van der Waals surface area (Å²) in [6.45, 7) is 2.12. The minimum Gasteiger partial charge on any atom is -0.318 e. The summed E-state index contributed by atoms with van der Waals surface area (Å²) in [6, 6.07) is 0. The maximum absolute atomic E-state index is 4.95. The van der Waals surface area contributed by atoms with Crippen molar-refractivity contribution in [1.82, 2.24) is 0 Å². The molecular formula is C8H12OS. The highest BCUT2D eigenvalue weighted by Crippen LogP contribution is 2.21. The van der Waals surface area contributed by atoms with Crippen LogP contribution in [0, 0.1) is 0 Å². The zero-order chi connectivity index (χ0) is 7.40. The van der Waals surface area contributed by atoms with Crippen LogP contribution < -0.4 is 0 Å². The van der Waals surface area contributed by atoms with Gasteiger partial charge in [-0.25, -0.2) is 0 Å². The van der Waals surface area contributed by atoms with Crippen LogP contribution in [0.15, 0.2) is 23.8 Å².